The zero-order valence-electron chi connectivity index (χ0n) is 12.2. The summed E-state index contributed by atoms with van der Waals surface area (Å²) in [7, 11) is 1.53. The third kappa shape index (κ3) is 3.81. The number of anilines is 1. The molecule has 0 unspecified atom stereocenters. The molecule has 2 atom stereocenters. The molecule has 3 nitrogen and oxygen atoms in total. The van der Waals surface area contributed by atoms with Gasteiger partial charge in [0.15, 0.2) is 0 Å². The fourth-order valence-electron chi connectivity index (χ4n) is 2.40. The largest absolute Gasteiger partial charge is 0.497 e. The number of fused-ring (bicyclic) bond motifs is 1. The van der Waals surface area contributed by atoms with E-state index in [-0.39, 0.29) is 6.42 Å². The van der Waals surface area contributed by atoms with Crippen LogP contribution in [0.4, 0.5) is 18.9 Å². The Bertz CT molecular complexity index is 476. The standard InChI is InChI=1S/C15H20F3NO2/c1-3-4-7-21-13-9-14(15(16,17)18)19-12-6-5-10(20-2)8-11(12)13/h5-6,8,13-14,19H,3-4,7,9H2,1-2H3/t13-,14-/m1/s1. The number of rotatable bonds is 5. The lowest BCUT2D eigenvalue weighted by molar-refractivity contribution is -0.152. The summed E-state index contributed by atoms with van der Waals surface area (Å²) < 4.78 is 49.8. The first-order valence-corrected chi connectivity index (χ1v) is 7.08. The van der Waals surface area contributed by atoms with Crippen LogP contribution in [0.25, 0.3) is 0 Å². The van der Waals surface area contributed by atoms with Crippen molar-refractivity contribution < 1.29 is 22.6 Å². The number of hydrogen-bond donors (Lipinski definition) is 1. The molecule has 0 fully saturated rings. The van der Waals surface area contributed by atoms with Crippen molar-refractivity contribution in [1.29, 1.82) is 0 Å². The van der Waals surface area contributed by atoms with E-state index < -0.39 is 18.3 Å². The van der Waals surface area contributed by atoms with Crippen LogP contribution in [0.15, 0.2) is 18.2 Å². The maximum Gasteiger partial charge on any atom is 0.408 e. The summed E-state index contributed by atoms with van der Waals surface area (Å²) in [5.41, 5.74) is 1.19. The molecule has 21 heavy (non-hydrogen) atoms. The van der Waals surface area contributed by atoms with Crippen molar-refractivity contribution in [3.8, 4) is 5.75 Å². The lowest BCUT2D eigenvalue weighted by Gasteiger charge is -2.34. The normalized spacial score (nSPS) is 21.6. The maximum absolute atomic E-state index is 13.0. The SMILES string of the molecule is CCCCO[C@@H]1C[C@H](C(F)(F)F)Nc2ccc(OC)cc21. The lowest BCUT2D eigenvalue weighted by Crippen LogP contribution is -2.41. The van der Waals surface area contributed by atoms with Crippen molar-refractivity contribution in [2.75, 3.05) is 19.0 Å². The third-order valence-corrected chi connectivity index (χ3v) is 3.60. The minimum Gasteiger partial charge on any atom is -0.497 e. The summed E-state index contributed by atoms with van der Waals surface area (Å²) in [5, 5.41) is 2.55. The number of halogens is 3. The number of alkyl halides is 3. The number of benzene rings is 1. The Balaban J connectivity index is 2.25. The smallest absolute Gasteiger partial charge is 0.408 e. The van der Waals surface area contributed by atoms with Gasteiger partial charge in [-0.1, -0.05) is 13.3 Å². The fraction of sp³-hybridized carbons (Fsp3) is 0.600. The number of ether oxygens (including phenoxy) is 2. The third-order valence-electron chi connectivity index (χ3n) is 3.60. The first kappa shape index (κ1) is 15.9. The van der Waals surface area contributed by atoms with Gasteiger partial charge in [-0.05, 0) is 24.6 Å². The van der Waals surface area contributed by atoms with Gasteiger partial charge in [0.1, 0.15) is 11.8 Å². The Morgan fingerprint density at radius 1 is 1.33 bits per heavy atom. The average Bonchev–Trinajstić information content (AvgIpc) is 2.45. The van der Waals surface area contributed by atoms with E-state index in [1.54, 1.807) is 18.2 Å². The van der Waals surface area contributed by atoms with Gasteiger partial charge in [-0.15, -0.1) is 0 Å². The molecule has 0 saturated heterocycles. The van der Waals surface area contributed by atoms with Gasteiger partial charge in [0.2, 0.25) is 0 Å². The molecular formula is C15H20F3NO2. The average molecular weight is 303 g/mol. The highest BCUT2D eigenvalue weighted by Gasteiger charge is 2.44. The van der Waals surface area contributed by atoms with E-state index in [2.05, 4.69) is 5.32 Å². The van der Waals surface area contributed by atoms with Crippen molar-refractivity contribution in [2.24, 2.45) is 0 Å². The Morgan fingerprint density at radius 3 is 2.71 bits per heavy atom. The van der Waals surface area contributed by atoms with E-state index in [4.69, 9.17) is 9.47 Å². The molecule has 1 aromatic rings. The Morgan fingerprint density at radius 2 is 2.10 bits per heavy atom. The van der Waals surface area contributed by atoms with Crippen LogP contribution < -0.4 is 10.1 Å². The topological polar surface area (TPSA) is 30.5 Å². The number of hydrogen-bond acceptors (Lipinski definition) is 3. The molecule has 1 N–H and O–H groups in total. The van der Waals surface area contributed by atoms with Gasteiger partial charge in [-0.3, -0.25) is 0 Å². The van der Waals surface area contributed by atoms with E-state index in [0.717, 1.165) is 18.4 Å². The van der Waals surface area contributed by atoms with Crippen molar-refractivity contribution in [1.82, 2.24) is 0 Å². The molecule has 0 radical (unpaired) electrons. The second-order valence-electron chi connectivity index (χ2n) is 5.14. The molecule has 0 saturated carbocycles. The van der Waals surface area contributed by atoms with E-state index in [9.17, 15) is 13.2 Å². The zero-order chi connectivity index (χ0) is 15.5. The Labute approximate surface area is 122 Å². The highest BCUT2D eigenvalue weighted by Crippen LogP contribution is 2.41. The number of methoxy groups -OCH3 is 1. The second-order valence-corrected chi connectivity index (χ2v) is 5.14. The van der Waals surface area contributed by atoms with Crippen molar-refractivity contribution in [3.63, 3.8) is 0 Å². The summed E-state index contributed by atoms with van der Waals surface area (Å²) in [6.07, 6.45) is -3.19. The molecule has 118 valence electrons. The van der Waals surface area contributed by atoms with Gasteiger partial charge in [-0.2, -0.15) is 13.2 Å². The predicted molar refractivity (Wildman–Crippen MR) is 74.7 cm³/mol. The van der Waals surface area contributed by atoms with Gasteiger partial charge in [-0.25, -0.2) is 0 Å². The molecule has 1 aromatic carbocycles. The van der Waals surface area contributed by atoms with E-state index in [1.807, 2.05) is 6.92 Å². The number of unbranched alkanes of at least 4 members (excludes halogenated alkanes) is 1. The molecule has 0 aromatic heterocycles. The summed E-state index contributed by atoms with van der Waals surface area (Å²) in [6.45, 7) is 2.48. The summed E-state index contributed by atoms with van der Waals surface area (Å²) in [4.78, 5) is 0. The van der Waals surface area contributed by atoms with Crippen LogP contribution in [-0.4, -0.2) is 25.9 Å². The molecule has 0 bridgehead atoms. The maximum atomic E-state index is 13.0. The summed E-state index contributed by atoms with van der Waals surface area (Å²) in [5.74, 6) is 0.616. The van der Waals surface area contributed by atoms with Crippen LogP contribution >= 0.6 is 0 Å². The highest BCUT2D eigenvalue weighted by molar-refractivity contribution is 5.58. The molecule has 1 heterocycles. The quantitative estimate of drug-likeness (QED) is 0.823. The monoisotopic (exact) mass is 303 g/mol. The van der Waals surface area contributed by atoms with Crippen LogP contribution in [0.1, 0.15) is 37.9 Å². The van der Waals surface area contributed by atoms with Crippen molar-refractivity contribution >= 4 is 5.69 Å². The fourth-order valence-corrected chi connectivity index (χ4v) is 2.40. The van der Waals surface area contributed by atoms with Crippen LogP contribution in [0.2, 0.25) is 0 Å². The summed E-state index contributed by atoms with van der Waals surface area (Å²) >= 11 is 0. The van der Waals surface area contributed by atoms with E-state index in [0.29, 0.717) is 18.0 Å². The lowest BCUT2D eigenvalue weighted by atomic mass is 9.94. The predicted octanol–water partition coefficient (Wildman–Crippen LogP) is 4.30. The van der Waals surface area contributed by atoms with E-state index >= 15 is 0 Å². The Hall–Kier alpha value is -1.43. The molecule has 1 aliphatic rings. The second kappa shape index (κ2) is 6.56. The van der Waals surface area contributed by atoms with Gasteiger partial charge >= 0.3 is 6.18 Å². The minimum atomic E-state index is -4.29. The Kier molecular flexibility index (Phi) is 4.98. The molecule has 6 heteroatoms. The van der Waals surface area contributed by atoms with Crippen molar-refractivity contribution in [2.45, 2.75) is 44.5 Å². The molecule has 0 amide bonds. The summed E-state index contributed by atoms with van der Waals surface area (Å²) in [6, 6.07) is 3.42. The van der Waals surface area contributed by atoms with Crippen LogP contribution in [0.5, 0.6) is 5.75 Å². The first-order chi connectivity index (χ1) is 9.95. The van der Waals surface area contributed by atoms with Crippen LogP contribution in [-0.2, 0) is 4.74 Å². The van der Waals surface area contributed by atoms with Gasteiger partial charge < -0.3 is 14.8 Å². The number of nitrogens with one attached hydrogen (secondary N) is 1. The first-order valence-electron chi connectivity index (χ1n) is 7.08. The zero-order valence-corrected chi connectivity index (χ0v) is 12.2. The highest BCUT2D eigenvalue weighted by atomic mass is 19.4. The van der Waals surface area contributed by atoms with Crippen LogP contribution in [0, 0.1) is 0 Å². The molecule has 0 spiro atoms. The van der Waals surface area contributed by atoms with Gasteiger partial charge in [0.05, 0.1) is 13.2 Å². The molecular weight excluding hydrogens is 283 g/mol. The van der Waals surface area contributed by atoms with Crippen LogP contribution in [0.3, 0.4) is 0 Å². The molecule has 2 rings (SSSR count). The van der Waals surface area contributed by atoms with Gasteiger partial charge in [0, 0.05) is 24.3 Å². The molecule has 1 aliphatic heterocycles. The van der Waals surface area contributed by atoms with Crippen molar-refractivity contribution in [3.05, 3.63) is 23.8 Å². The molecule has 0 aliphatic carbocycles. The minimum absolute atomic E-state index is 0.118. The van der Waals surface area contributed by atoms with E-state index in [1.165, 1.54) is 7.11 Å². The van der Waals surface area contributed by atoms with Gasteiger partial charge in [0.25, 0.3) is 0 Å².